The fourth-order valence-electron chi connectivity index (χ4n) is 2.47. The molecule has 0 bridgehead atoms. The van der Waals surface area contributed by atoms with Crippen LogP contribution in [0.25, 0.3) is 0 Å². The highest BCUT2D eigenvalue weighted by Crippen LogP contribution is 2.27. The molecule has 0 saturated carbocycles. The number of carboxylic acid groups (broad SMARTS) is 1. The van der Waals surface area contributed by atoms with Gasteiger partial charge in [0.15, 0.2) is 0 Å². The molecule has 0 aliphatic carbocycles. The van der Waals surface area contributed by atoms with Crippen LogP contribution in [0.2, 0.25) is 0 Å². The van der Waals surface area contributed by atoms with Crippen molar-refractivity contribution in [1.82, 2.24) is 5.32 Å². The van der Waals surface area contributed by atoms with Gasteiger partial charge in [0.1, 0.15) is 17.2 Å². The molecule has 162 valence electrons. The molecule has 1 aromatic rings. The molecule has 7 heteroatoms. The average molecular weight is 408 g/mol. The fraction of sp³-hybridized carbons (Fsp3) is 0.591. The Balaban J connectivity index is 2.89. The molecule has 1 aromatic carbocycles. The molecule has 1 atom stereocenters. The highest BCUT2D eigenvalue weighted by atomic mass is 16.6. The van der Waals surface area contributed by atoms with Crippen molar-refractivity contribution in [3.05, 3.63) is 35.4 Å². The predicted molar refractivity (Wildman–Crippen MR) is 110 cm³/mol. The normalized spacial score (nSPS) is 13.4. The summed E-state index contributed by atoms with van der Waals surface area (Å²) in [7, 11) is 0. The second kappa shape index (κ2) is 8.84. The lowest BCUT2D eigenvalue weighted by Gasteiger charge is -2.29. The Morgan fingerprint density at radius 1 is 0.897 bits per heavy atom. The molecular weight excluding hydrogens is 374 g/mol. The van der Waals surface area contributed by atoms with E-state index in [1.807, 2.05) is 20.8 Å². The molecule has 0 aliphatic heterocycles. The number of ether oxygens (including phenoxy) is 2. The Morgan fingerprint density at radius 3 is 1.79 bits per heavy atom. The minimum Gasteiger partial charge on any atom is -0.480 e. The minimum atomic E-state index is -1.16. The average Bonchev–Trinajstić information content (AvgIpc) is 2.51. The van der Waals surface area contributed by atoms with E-state index in [0.717, 1.165) is 5.56 Å². The standard InChI is InChI=1S/C22H33NO6/c1-20(2,3)28-18(26)22(7,8)15-11-9-14(10-12-15)13-16(17(24)25)23-19(27)29-21(4,5)6/h9-12,16H,13H2,1-8H3,(H,23,27)(H,24,25). The van der Waals surface area contributed by atoms with E-state index < -0.39 is 34.7 Å². The number of carbonyl (C=O) groups excluding carboxylic acids is 2. The number of aliphatic carboxylic acids is 1. The summed E-state index contributed by atoms with van der Waals surface area (Å²) in [5, 5.41) is 11.8. The van der Waals surface area contributed by atoms with Crippen LogP contribution in [0.15, 0.2) is 24.3 Å². The Hall–Kier alpha value is -2.57. The summed E-state index contributed by atoms with van der Waals surface area (Å²) < 4.78 is 10.6. The molecule has 7 nitrogen and oxygen atoms in total. The van der Waals surface area contributed by atoms with Gasteiger partial charge in [-0.2, -0.15) is 0 Å². The van der Waals surface area contributed by atoms with Crippen LogP contribution in [-0.4, -0.2) is 40.4 Å². The number of alkyl carbamates (subject to hydrolysis) is 1. The van der Waals surface area contributed by atoms with Gasteiger partial charge in [-0.1, -0.05) is 24.3 Å². The van der Waals surface area contributed by atoms with E-state index in [9.17, 15) is 19.5 Å². The van der Waals surface area contributed by atoms with Crippen LogP contribution < -0.4 is 5.32 Å². The lowest BCUT2D eigenvalue weighted by molar-refractivity contribution is -0.160. The molecule has 1 amide bonds. The maximum Gasteiger partial charge on any atom is 0.408 e. The topological polar surface area (TPSA) is 102 Å². The van der Waals surface area contributed by atoms with Crippen LogP contribution in [0.3, 0.4) is 0 Å². The van der Waals surface area contributed by atoms with Crippen molar-refractivity contribution in [1.29, 1.82) is 0 Å². The summed E-state index contributed by atoms with van der Waals surface area (Å²) in [5.41, 5.74) is -0.704. The third kappa shape index (κ3) is 8.13. The summed E-state index contributed by atoms with van der Waals surface area (Å²) in [6.45, 7) is 14.1. The largest absolute Gasteiger partial charge is 0.480 e. The number of nitrogens with one attached hydrogen (secondary N) is 1. The number of amides is 1. The molecule has 1 unspecified atom stereocenters. The van der Waals surface area contributed by atoms with Crippen LogP contribution in [0.5, 0.6) is 0 Å². The fourth-order valence-corrected chi connectivity index (χ4v) is 2.47. The number of rotatable bonds is 6. The van der Waals surface area contributed by atoms with Crippen molar-refractivity contribution in [3.63, 3.8) is 0 Å². The molecule has 1 rings (SSSR count). The molecule has 0 saturated heterocycles. The van der Waals surface area contributed by atoms with E-state index >= 15 is 0 Å². The van der Waals surface area contributed by atoms with Crippen LogP contribution in [0.1, 0.15) is 66.5 Å². The highest BCUT2D eigenvalue weighted by Gasteiger charge is 2.34. The highest BCUT2D eigenvalue weighted by molar-refractivity contribution is 5.82. The van der Waals surface area contributed by atoms with Gasteiger partial charge in [0, 0.05) is 6.42 Å². The first-order valence-electron chi connectivity index (χ1n) is 9.56. The van der Waals surface area contributed by atoms with E-state index in [1.165, 1.54) is 0 Å². The Morgan fingerprint density at radius 2 is 1.38 bits per heavy atom. The number of hydrogen-bond acceptors (Lipinski definition) is 5. The first-order chi connectivity index (χ1) is 13.0. The van der Waals surface area contributed by atoms with Crippen LogP contribution in [-0.2, 0) is 30.9 Å². The van der Waals surface area contributed by atoms with Gasteiger partial charge in [-0.05, 0) is 66.5 Å². The summed E-state index contributed by atoms with van der Waals surface area (Å²) in [6.07, 6.45) is -0.700. The maximum atomic E-state index is 12.5. The van der Waals surface area contributed by atoms with Gasteiger partial charge in [-0.15, -0.1) is 0 Å². The lowest BCUT2D eigenvalue weighted by atomic mass is 9.84. The second-order valence-corrected chi connectivity index (χ2v) is 9.56. The zero-order chi connectivity index (χ0) is 22.6. The predicted octanol–water partition coefficient (Wildman–Crippen LogP) is 3.83. The molecule has 0 fully saturated rings. The molecule has 0 spiro atoms. The summed E-state index contributed by atoms with van der Waals surface area (Å²) in [6, 6.07) is 5.90. The molecule has 0 heterocycles. The first kappa shape index (κ1) is 24.5. The van der Waals surface area contributed by atoms with E-state index in [0.29, 0.717) is 5.56 Å². The molecule has 2 N–H and O–H groups in total. The van der Waals surface area contributed by atoms with Crippen molar-refractivity contribution in [2.75, 3.05) is 0 Å². The van der Waals surface area contributed by atoms with Gasteiger partial charge < -0.3 is 19.9 Å². The Bertz CT molecular complexity index is 738. The number of benzene rings is 1. The quantitative estimate of drug-likeness (QED) is 0.695. The van der Waals surface area contributed by atoms with Gasteiger partial charge in [-0.3, -0.25) is 4.79 Å². The van der Waals surface area contributed by atoms with E-state index in [4.69, 9.17) is 9.47 Å². The number of hydrogen-bond donors (Lipinski definition) is 2. The van der Waals surface area contributed by atoms with Gasteiger partial charge >= 0.3 is 18.0 Å². The molecular formula is C22H33NO6. The van der Waals surface area contributed by atoms with E-state index in [2.05, 4.69) is 5.32 Å². The molecule has 29 heavy (non-hydrogen) atoms. The van der Waals surface area contributed by atoms with Crippen molar-refractivity contribution >= 4 is 18.0 Å². The van der Waals surface area contributed by atoms with Crippen molar-refractivity contribution in [2.24, 2.45) is 0 Å². The second-order valence-electron chi connectivity index (χ2n) is 9.56. The van der Waals surface area contributed by atoms with Gasteiger partial charge in [0.05, 0.1) is 5.41 Å². The van der Waals surface area contributed by atoms with Crippen molar-refractivity contribution < 1.29 is 29.0 Å². The zero-order valence-electron chi connectivity index (χ0n) is 18.6. The summed E-state index contributed by atoms with van der Waals surface area (Å²) in [4.78, 5) is 35.9. The van der Waals surface area contributed by atoms with Crippen LogP contribution >= 0.6 is 0 Å². The zero-order valence-corrected chi connectivity index (χ0v) is 18.6. The summed E-state index contributed by atoms with van der Waals surface area (Å²) >= 11 is 0. The number of carboxylic acids is 1. The SMILES string of the molecule is CC(C)(C)OC(=O)NC(Cc1ccc(C(C)(C)C(=O)OC(C)(C)C)cc1)C(=O)O. The first-order valence-corrected chi connectivity index (χ1v) is 9.56. The monoisotopic (exact) mass is 407 g/mol. The van der Waals surface area contributed by atoms with Crippen molar-refractivity contribution in [2.45, 2.75) is 84.5 Å². The van der Waals surface area contributed by atoms with Crippen molar-refractivity contribution in [3.8, 4) is 0 Å². The maximum absolute atomic E-state index is 12.5. The third-order valence-corrected chi connectivity index (χ3v) is 4.01. The van der Waals surface area contributed by atoms with Gasteiger partial charge in [0.25, 0.3) is 0 Å². The molecule has 0 radical (unpaired) electrons. The van der Waals surface area contributed by atoms with E-state index in [1.54, 1.807) is 58.9 Å². The van der Waals surface area contributed by atoms with Crippen LogP contribution in [0.4, 0.5) is 4.79 Å². The number of carbonyl (C=O) groups is 3. The van der Waals surface area contributed by atoms with E-state index in [-0.39, 0.29) is 12.4 Å². The lowest BCUT2D eigenvalue weighted by Crippen LogP contribution is -2.44. The molecule has 0 aromatic heterocycles. The smallest absolute Gasteiger partial charge is 0.408 e. The Labute approximate surface area is 172 Å². The van der Waals surface area contributed by atoms with Gasteiger partial charge in [-0.25, -0.2) is 9.59 Å². The third-order valence-electron chi connectivity index (χ3n) is 4.01. The number of esters is 1. The van der Waals surface area contributed by atoms with Crippen LogP contribution in [0, 0.1) is 0 Å². The Kier molecular flexibility index (Phi) is 7.46. The molecule has 0 aliphatic rings. The van der Waals surface area contributed by atoms with Gasteiger partial charge in [0.2, 0.25) is 0 Å². The summed E-state index contributed by atoms with van der Waals surface area (Å²) in [5.74, 6) is -1.50. The minimum absolute atomic E-state index is 0.0850.